The standard InChI is InChI=1S/C19H29N3O2.ClH/c1-15(16(2)20)19(24)22-13-11-21(12-14-22)18(23)10-6-9-17-7-4-3-5-8-17;/h3-5,7-8,15-16H,6,9-14,20H2,1-2H3;1H. The lowest BCUT2D eigenvalue weighted by atomic mass is 10.0. The Morgan fingerprint density at radius 1 is 1.04 bits per heavy atom. The van der Waals surface area contributed by atoms with Gasteiger partial charge in [0.15, 0.2) is 0 Å². The van der Waals surface area contributed by atoms with E-state index in [1.54, 1.807) is 0 Å². The van der Waals surface area contributed by atoms with E-state index in [4.69, 9.17) is 5.73 Å². The van der Waals surface area contributed by atoms with Gasteiger partial charge < -0.3 is 15.5 Å². The molecule has 2 N–H and O–H groups in total. The molecule has 0 radical (unpaired) electrons. The van der Waals surface area contributed by atoms with Crippen LogP contribution in [0.1, 0.15) is 32.3 Å². The molecule has 0 aliphatic carbocycles. The van der Waals surface area contributed by atoms with Crippen LogP contribution >= 0.6 is 12.4 Å². The molecule has 1 heterocycles. The molecule has 0 saturated carbocycles. The number of amides is 2. The van der Waals surface area contributed by atoms with Crippen LogP contribution in [0.4, 0.5) is 0 Å². The number of aryl methyl sites for hydroxylation is 1. The van der Waals surface area contributed by atoms with E-state index in [0.717, 1.165) is 12.8 Å². The lowest BCUT2D eigenvalue weighted by Crippen LogP contribution is -2.53. The van der Waals surface area contributed by atoms with E-state index in [2.05, 4.69) is 12.1 Å². The molecular formula is C19H30ClN3O2. The summed E-state index contributed by atoms with van der Waals surface area (Å²) in [5.41, 5.74) is 7.08. The molecule has 0 aromatic heterocycles. The smallest absolute Gasteiger partial charge is 0.227 e. The van der Waals surface area contributed by atoms with E-state index in [9.17, 15) is 9.59 Å². The average Bonchev–Trinajstić information content (AvgIpc) is 2.61. The molecule has 140 valence electrons. The van der Waals surface area contributed by atoms with Gasteiger partial charge in [-0.3, -0.25) is 9.59 Å². The molecule has 1 aliphatic rings. The van der Waals surface area contributed by atoms with Crippen LogP contribution in [0.2, 0.25) is 0 Å². The lowest BCUT2D eigenvalue weighted by molar-refractivity contribution is -0.142. The minimum atomic E-state index is -0.168. The Balaban J connectivity index is 0.00000312. The highest BCUT2D eigenvalue weighted by molar-refractivity contribution is 5.85. The van der Waals surface area contributed by atoms with Crippen molar-refractivity contribution < 1.29 is 9.59 Å². The number of nitrogens with two attached hydrogens (primary N) is 1. The Bertz CT molecular complexity index is 543. The van der Waals surface area contributed by atoms with Gasteiger partial charge in [-0.05, 0) is 25.3 Å². The summed E-state index contributed by atoms with van der Waals surface area (Å²) in [5.74, 6) is 0.123. The van der Waals surface area contributed by atoms with Crippen molar-refractivity contribution >= 4 is 24.2 Å². The molecule has 1 fully saturated rings. The van der Waals surface area contributed by atoms with Crippen LogP contribution in [0, 0.1) is 5.92 Å². The third-order valence-electron chi connectivity index (χ3n) is 4.82. The molecule has 1 aliphatic heterocycles. The van der Waals surface area contributed by atoms with Crippen LogP contribution in [-0.2, 0) is 16.0 Å². The Morgan fingerprint density at radius 2 is 1.60 bits per heavy atom. The minimum absolute atomic E-state index is 0. The zero-order valence-electron chi connectivity index (χ0n) is 15.2. The Kier molecular flexibility index (Phi) is 8.93. The van der Waals surface area contributed by atoms with E-state index < -0.39 is 0 Å². The topological polar surface area (TPSA) is 66.6 Å². The fraction of sp³-hybridized carbons (Fsp3) is 0.579. The van der Waals surface area contributed by atoms with E-state index >= 15 is 0 Å². The first-order valence-electron chi connectivity index (χ1n) is 8.85. The molecule has 0 bridgehead atoms. The molecular weight excluding hydrogens is 338 g/mol. The normalized spacial score (nSPS) is 16.8. The van der Waals surface area contributed by atoms with Crippen LogP contribution in [0.15, 0.2) is 30.3 Å². The lowest BCUT2D eigenvalue weighted by Gasteiger charge is -2.36. The Morgan fingerprint density at radius 3 is 2.16 bits per heavy atom. The van der Waals surface area contributed by atoms with Gasteiger partial charge in [0.05, 0.1) is 5.92 Å². The van der Waals surface area contributed by atoms with Crippen molar-refractivity contribution in [1.29, 1.82) is 0 Å². The predicted molar refractivity (Wildman–Crippen MR) is 103 cm³/mol. The predicted octanol–water partition coefficient (Wildman–Crippen LogP) is 2.09. The number of halogens is 1. The number of carbonyl (C=O) groups excluding carboxylic acids is 2. The summed E-state index contributed by atoms with van der Waals surface area (Å²) < 4.78 is 0. The van der Waals surface area contributed by atoms with Gasteiger partial charge in [-0.2, -0.15) is 0 Å². The highest BCUT2D eigenvalue weighted by Crippen LogP contribution is 2.12. The molecule has 0 spiro atoms. The molecule has 2 atom stereocenters. The third-order valence-corrected chi connectivity index (χ3v) is 4.82. The number of hydrogen-bond acceptors (Lipinski definition) is 3. The first kappa shape index (κ1) is 21.5. The molecule has 1 saturated heterocycles. The number of piperazine rings is 1. The summed E-state index contributed by atoms with van der Waals surface area (Å²) in [7, 11) is 0. The molecule has 2 amide bonds. The zero-order valence-corrected chi connectivity index (χ0v) is 16.0. The van der Waals surface area contributed by atoms with Crippen molar-refractivity contribution in [3.8, 4) is 0 Å². The first-order chi connectivity index (χ1) is 11.5. The number of rotatable bonds is 6. The summed E-state index contributed by atoms with van der Waals surface area (Å²) in [4.78, 5) is 28.3. The SMILES string of the molecule is CC(N)C(C)C(=O)N1CCN(C(=O)CCCc2ccccc2)CC1.Cl. The number of hydrogen-bond donors (Lipinski definition) is 1. The van der Waals surface area contributed by atoms with E-state index in [1.165, 1.54) is 5.56 Å². The molecule has 1 aromatic rings. The van der Waals surface area contributed by atoms with Crippen molar-refractivity contribution in [2.45, 2.75) is 39.2 Å². The van der Waals surface area contributed by atoms with Gasteiger partial charge >= 0.3 is 0 Å². The summed E-state index contributed by atoms with van der Waals surface area (Å²) in [5, 5.41) is 0. The minimum Gasteiger partial charge on any atom is -0.339 e. The number of carbonyl (C=O) groups is 2. The summed E-state index contributed by atoms with van der Waals surface area (Å²) in [6.07, 6.45) is 2.36. The van der Waals surface area contributed by atoms with Crippen molar-refractivity contribution in [3.63, 3.8) is 0 Å². The second-order valence-corrected chi connectivity index (χ2v) is 6.69. The van der Waals surface area contributed by atoms with Crippen LogP contribution in [0.25, 0.3) is 0 Å². The van der Waals surface area contributed by atoms with Crippen molar-refractivity contribution in [2.24, 2.45) is 11.7 Å². The van der Waals surface area contributed by atoms with Gasteiger partial charge in [0.1, 0.15) is 0 Å². The number of nitrogens with zero attached hydrogens (tertiary/aromatic N) is 2. The van der Waals surface area contributed by atoms with Gasteiger partial charge in [0, 0.05) is 38.6 Å². The number of benzene rings is 1. The summed E-state index contributed by atoms with van der Waals surface area (Å²) in [6.45, 7) is 6.20. The highest BCUT2D eigenvalue weighted by Gasteiger charge is 2.27. The fourth-order valence-corrected chi connectivity index (χ4v) is 2.94. The second-order valence-electron chi connectivity index (χ2n) is 6.69. The van der Waals surface area contributed by atoms with Gasteiger partial charge in [-0.15, -0.1) is 12.4 Å². The third kappa shape index (κ3) is 6.33. The molecule has 2 rings (SSSR count). The molecule has 5 nitrogen and oxygen atoms in total. The first-order valence-corrected chi connectivity index (χ1v) is 8.85. The molecule has 1 aromatic carbocycles. The van der Waals surface area contributed by atoms with Gasteiger partial charge in [0.25, 0.3) is 0 Å². The zero-order chi connectivity index (χ0) is 17.5. The average molecular weight is 368 g/mol. The van der Waals surface area contributed by atoms with Gasteiger partial charge in [-0.1, -0.05) is 37.3 Å². The summed E-state index contributed by atoms with van der Waals surface area (Å²) in [6, 6.07) is 10.1. The Hall–Kier alpha value is -1.59. The van der Waals surface area contributed by atoms with Crippen molar-refractivity contribution in [3.05, 3.63) is 35.9 Å². The maximum atomic E-state index is 12.3. The molecule has 6 heteroatoms. The van der Waals surface area contributed by atoms with Crippen LogP contribution < -0.4 is 5.73 Å². The van der Waals surface area contributed by atoms with Crippen LogP contribution in [0.3, 0.4) is 0 Å². The van der Waals surface area contributed by atoms with E-state index in [1.807, 2.05) is 41.8 Å². The second kappa shape index (κ2) is 10.4. The Labute approximate surface area is 157 Å². The quantitative estimate of drug-likeness (QED) is 0.837. The van der Waals surface area contributed by atoms with Crippen LogP contribution in [-0.4, -0.2) is 53.8 Å². The fourth-order valence-electron chi connectivity index (χ4n) is 2.94. The van der Waals surface area contributed by atoms with Gasteiger partial charge in [-0.25, -0.2) is 0 Å². The van der Waals surface area contributed by atoms with E-state index in [-0.39, 0.29) is 36.2 Å². The maximum absolute atomic E-state index is 12.3. The van der Waals surface area contributed by atoms with Crippen molar-refractivity contribution in [1.82, 2.24) is 9.80 Å². The molecule has 25 heavy (non-hydrogen) atoms. The highest BCUT2D eigenvalue weighted by atomic mass is 35.5. The van der Waals surface area contributed by atoms with Gasteiger partial charge in [0.2, 0.25) is 11.8 Å². The van der Waals surface area contributed by atoms with E-state index in [0.29, 0.717) is 32.6 Å². The monoisotopic (exact) mass is 367 g/mol. The van der Waals surface area contributed by atoms with Crippen LogP contribution in [0.5, 0.6) is 0 Å². The molecule has 2 unspecified atom stereocenters. The maximum Gasteiger partial charge on any atom is 0.227 e. The van der Waals surface area contributed by atoms with Crippen molar-refractivity contribution in [2.75, 3.05) is 26.2 Å². The summed E-state index contributed by atoms with van der Waals surface area (Å²) >= 11 is 0. The largest absolute Gasteiger partial charge is 0.339 e.